The molecule has 80 valence electrons. The van der Waals surface area contributed by atoms with Crippen molar-refractivity contribution in [1.29, 1.82) is 5.26 Å². The van der Waals surface area contributed by atoms with Crippen LogP contribution in [-0.4, -0.2) is 34.5 Å². The molecule has 1 heterocycles. The smallest absolute Gasteiger partial charge is 0.0949 e. The van der Waals surface area contributed by atoms with Gasteiger partial charge in [-0.1, -0.05) is 13.8 Å². The third-order valence-electron chi connectivity index (χ3n) is 2.61. The number of rotatable bonds is 3. The van der Waals surface area contributed by atoms with Crippen molar-refractivity contribution < 1.29 is 0 Å². The SMILES string of the molecule is CC(C)SC1CCCN(C(C)C#N)C1. The number of likely N-dealkylation sites (tertiary alicyclic amines) is 1. The molecular weight excluding hydrogens is 192 g/mol. The van der Waals surface area contributed by atoms with Gasteiger partial charge in [0.15, 0.2) is 0 Å². The molecule has 3 heteroatoms. The van der Waals surface area contributed by atoms with E-state index >= 15 is 0 Å². The molecule has 1 aliphatic rings. The summed E-state index contributed by atoms with van der Waals surface area (Å²) < 4.78 is 0. The van der Waals surface area contributed by atoms with Crippen molar-refractivity contribution in [3.05, 3.63) is 0 Å². The third kappa shape index (κ3) is 3.51. The van der Waals surface area contributed by atoms with Gasteiger partial charge in [0.25, 0.3) is 0 Å². The summed E-state index contributed by atoms with van der Waals surface area (Å²) in [6.45, 7) is 8.69. The topological polar surface area (TPSA) is 27.0 Å². The Labute approximate surface area is 91.7 Å². The molecule has 0 aromatic rings. The Morgan fingerprint density at radius 1 is 1.43 bits per heavy atom. The van der Waals surface area contributed by atoms with E-state index in [4.69, 9.17) is 5.26 Å². The maximum atomic E-state index is 8.86. The van der Waals surface area contributed by atoms with Gasteiger partial charge in [-0.2, -0.15) is 17.0 Å². The molecule has 0 aromatic heterocycles. The molecule has 0 N–H and O–H groups in total. The van der Waals surface area contributed by atoms with Crippen LogP contribution in [0, 0.1) is 11.3 Å². The predicted molar refractivity (Wildman–Crippen MR) is 62.4 cm³/mol. The van der Waals surface area contributed by atoms with Gasteiger partial charge >= 0.3 is 0 Å². The summed E-state index contributed by atoms with van der Waals surface area (Å²) in [5, 5.41) is 10.3. The Balaban J connectivity index is 2.40. The molecule has 2 atom stereocenters. The molecule has 1 fully saturated rings. The maximum Gasteiger partial charge on any atom is 0.0949 e. The number of hydrogen-bond donors (Lipinski definition) is 0. The van der Waals surface area contributed by atoms with Gasteiger partial charge < -0.3 is 0 Å². The maximum absolute atomic E-state index is 8.86. The van der Waals surface area contributed by atoms with E-state index in [0.717, 1.165) is 18.3 Å². The van der Waals surface area contributed by atoms with E-state index in [1.807, 2.05) is 6.92 Å². The molecule has 0 aromatic carbocycles. The summed E-state index contributed by atoms with van der Waals surface area (Å²) in [5.74, 6) is 0. The zero-order valence-electron chi connectivity index (χ0n) is 9.36. The number of nitriles is 1. The van der Waals surface area contributed by atoms with Gasteiger partial charge in [0.1, 0.15) is 0 Å². The Morgan fingerprint density at radius 2 is 2.14 bits per heavy atom. The Hall–Kier alpha value is -0.200. The highest BCUT2D eigenvalue weighted by Gasteiger charge is 2.23. The van der Waals surface area contributed by atoms with Crippen molar-refractivity contribution in [3.63, 3.8) is 0 Å². The first-order valence-corrected chi connectivity index (χ1v) is 6.37. The summed E-state index contributed by atoms with van der Waals surface area (Å²) in [6, 6.07) is 2.41. The fraction of sp³-hybridized carbons (Fsp3) is 0.909. The number of thioether (sulfide) groups is 1. The van der Waals surface area contributed by atoms with Crippen LogP contribution in [0.3, 0.4) is 0 Å². The van der Waals surface area contributed by atoms with Crippen LogP contribution in [0.5, 0.6) is 0 Å². The van der Waals surface area contributed by atoms with Crippen LogP contribution in [0.25, 0.3) is 0 Å². The second kappa shape index (κ2) is 5.63. The summed E-state index contributed by atoms with van der Waals surface area (Å²) in [6.07, 6.45) is 2.56. The second-order valence-corrected chi connectivity index (χ2v) is 6.13. The predicted octanol–water partition coefficient (Wildman–Crippen LogP) is 2.50. The quantitative estimate of drug-likeness (QED) is 0.719. The van der Waals surface area contributed by atoms with Crippen LogP contribution in [0.4, 0.5) is 0 Å². The van der Waals surface area contributed by atoms with Crippen LogP contribution >= 0.6 is 11.8 Å². The zero-order chi connectivity index (χ0) is 10.6. The highest BCUT2D eigenvalue weighted by molar-refractivity contribution is 8.00. The first-order chi connectivity index (χ1) is 6.63. The van der Waals surface area contributed by atoms with E-state index in [-0.39, 0.29) is 6.04 Å². The molecule has 1 saturated heterocycles. The average molecular weight is 212 g/mol. The second-order valence-electron chi connectivity index (χ2n) is 4.25. The van der Waals surface area contributed by atoms with Gasteiger partial charge in [0, 0.05) is 11.8 Å². The van der Waals surface area contributed by atoms with Crippen LogP contribution in [-0.2, 0) is 0 Å². The zero-order valence-corrected chi connectivity index (χ0v) is 10.2. The Bertz CT molecular complexity index is 210. The fourth-order valence-electron chi connectivity index (χ4n) is 1.90. The van der Waals surface area contributed by atoms with Crippen LogP contribution in [0.15, 0.2) is 0 Å². The van der Waals surface area contributed by atoms with E-state index in [0.29, 0.717) is 5.25 Å². The highest BCUT2D eigenvalue weighted by Crippen LogP contribution is 2.26. The van der Waals surface area contributed by atoms with E-state index in [1.165, 1.54) is 12.8 Å². The third-order valence-corrected chi connectivity index (χ3v) is 3.92. The van der Waals surface area contributed by atoms with Crippen molar-refractivity contribution in [2.75, 3.05) is 13.1 Å². The molecule has 2 nitrogen and oxygen atoms in total. The molecule has 0 radical (unpaired) electrons. The molecule has 0 aliphatic carbocycles. The minimum atomic E-state index is 0.0885. The van der Waals surface area contributed by atoms with Gasteiger partial charge in [-0.15, -0.1) is 0 Å². The van der Waals surface area contributed by atoms with Gasteiger partial charge in [0.05, 0.1) is 12.1 Å². The number of piperidine rings is 1. The minimum Gasteiger partial charge on any atom is -0.287 e. The Kier molecular flexibility index (Phi) is 4.77. The molecule has 1 aliphatic heterocycles. The Morgan fingerprint density at radius 3 is 2.71 bits per heavy atom. The first kappa shape index (κ1) is 11.9. The normalized spacial score (nSPS) is 26.1. The first-order valence-electron chi connectivity index (χ1n) is 5.42. The average Bonchev–Trinajstić information content (AvgIpc) is 2.16. The number of hydrogen-bond acceptors (Lipinski definition) is 3. The lowest BCUT2D eigenvalue weighted by molar-refractivity contribution is 0.209. The molecule has 1 rings (SSSR count). The van der Waals surface area contributed by atoms with Gasteiger partial charge in [-0.25, -0.2) is 0 Å². The van der Waals surface area contributed by atoms with E-state index < -0.39 is 0 Å². The molecule has 0 bridgehead atoms. The van der Waals surface area contributed by atoms with Crippen molar-refractivity contribution in [2.24, 2.45) is 0 Å². The summed E-state index contributed by atoms with van der Waals surface area (Å²) in [4.78, 5) is 2.31. The molecule has 2 unspecified atom stereocenters. The largest absolute Gasteiger partial charge is 0.287 e. The van der Waals surface area contributed by atoms with Crippen molar-refractivity contribution in [1.82, 2.24) is 4.90 Å². The van der Waals surface area contributed by atoms with Crippen LogP contribution in [0.2, 0.25) is 0 Å². The van der Waals surface area contributed by atoms with E-state index in [2.05, 4.69) is 36.6 Å². The standard InChI is InChI=1S/C11H20N2S/c1-9(2)14-11-5-4-6-13(8-11)10(3)7-12/h9-11H,4-6,8H2,1-3H3. The van der Waals surface area contributed by atoms with Crippen LogP contribution in [0.1, 0.15) is 33.6 Å². The molecule has 0 saturated carbocycles. The lowest BCUT2D eigenvalue weighted by Crippen LogP contribution is -2.42. The van der Waals surface area contributed by atoms with Crippen molar-refractivity contribution >= 4 is 11.8 Å². The molecular formula is C11H20N2S. The monoisotopic (exact) mass is 212 g/mol. The summed E-state index contributed by atoms with van der Waals surface area (Å²) in [7, 11) is 0. The lowest BCUT2D eigenvalue weighted by Gasteiger charge is -2.34. The van der Waals surface area contributed by atoms with Crippen molar-refractivity contribution in [2.45, 2.75) is 50.2 Å². The molecule has 14 heavy (non-hydrogen) atoms. The minimum absolute atomic E-state index is 0.0885. The van der Waals surface area contributed by atoms with Gasteiger partial charge in [0.2, 0.25) is 0 Å². The van der Waals surface area contributed by atoms with Crippen LogP contribution < -0.4 is 0 Å². The molecule has 0 spiro atoms. The highest BCUT2D eigenvalue weighted by atomic mass is 32.2. The summed E-state index contributed by atoms with van der Waals surface area (Å²) >= 11 is 2.06. The van der Waals surface area contributed by atoms with E-state index in [1.54, 1.807) is 0 Å². The van der Waals surface area contributed by atoms with Crippen molar-refractivity contribution in [3.8, 4) is 6.07 Å². The van der Waals surface area contributed by atoms with Gasteiger partial charge in [-0.05, 0) is 31.6 Å². The summed E-state index contributed by atoms with van der Waals surface area (Å²) in [5.41, 5.74) is 0. The number of nitrogens with zero attached hydrogens (tertiary/aromatic N) is 2. The fourth-order valence-corrected chi connectivity index (χ4v) is 3.25. The van der Waals surface area contributed by atoms with Gasteiger partial charge in [-0.3, -0.25) is 4.90 Å². The lowest BCUT2D eigenvalue weighted by atomic mass is 10.1. The van der Waals surface area contributed by atoms with E-state index in [9.17, 15) is 0 Å². The molecule has 0 amide bonds.